The molecule has 2 aromatic carbocycles. The molecular formula is C22H23ClN2O4. The molecule has 0 aromatic heterocycles. The Kier molecular flexibility index (Phi) is 6.44. The van der Waals surface area contributed by atoms with Crippen LogP contribution in [0.2, 0.25) is 5.02 Å². The molecular weight excluding hydrogens is 392 g/mol. The zero-order valence-corrected chi connectivity index (χ0v) is 17.3. The molecule has 0 saturated carbocycles. The molecule has 1 aliphatic rings. The van der Waals surface area contributed by atoms with Crippen molar-refractivity contribution in [1.29, 1.82) is 0 Å². The lowest BCUT2D eigenvalue weighted by Gasteiger charge is -2.28. The highest BCUT2D eigenvalue weighted by Crippen LogP contribution is 2.35. The number of allylic oxidation sites excluding steroid dienone is 1. The molecule has 0 radical (unpaired) electrons. The van der Waals surface area contributed by atoms with Crippen LogP contribution >= 0.6 is 11.6 Å². The summed E-state index contributed by atoms with van der Waals surface area (Å²) in [6, 6.07) is 11.9. The van der Waals surface area contributed by atoms with E-state index in [-0.39, 0.29) is 11.8 Å². The number of hydrogen-bond acceptors (Lipinski definition) is 4. The molecule has 3 rings (SSSR count). The van der Waals surface area contributed by atoms with Gasteiger partial charge in [0.05, 0.1) is 12.6 Å². The summed E-state index contributed by atoms with van der Waals surface area (Å²) in [5.41, 5.74) is 2.65. The van der Waals surface area contributed by atoms with Gasteiger partial charge < -0.3 is 20.1 Å². The zero-order valence-electron chi connectivity index (χ0n) is 16.5. The van der Waals surface area contributed by atoms with Gasteiger partial charge in [-0.15, -0.1) is 0 Å². The second kappa shape index (κ2) is 9.01. The number of rotatable bonds is 7. The predicted molar refractivity (Wildman–Crippen MR) is 111 cm³/mol. The van der Waals surface area contributed by atoms with Crippen molar-refractivity contribution in [3.63, 3.8) is 0 Å². The van der Waals surface area contributed by atoms with Crippen LogP contribution in [-0.2, 0) is 11.4 Å². The lowest BCUT2D eigenvalue weighted by atomic mass is 9.93. The number of ether oxygens (including phenoxy) is 2. The summed E-state index contributed by atoms with van der Waals surface area (Å²) in [6.07, 6.45) is 0. The van der Waals surface area contributed by atoms with Gasteiger partial charge >= 0.3 is 6.03 Å². The number of amides is 2. The Labute approximate surface area is 174 Å². The van der Waals surface area contributed by atoms with E-state index in [9.17, 15) is 9.59 Å². The first kappa shape index (κ1) is 20.7. The van der Waals surface area contributed by atoms with E-state index in [0.717, 1.165) is 11.1 Å². The van der Waals surface area contributed by atoms with Gasteiger partial charge in [-0.1, -0.05) is 35.9 Å². The summed E-state index contributed by atoms with van der Waals surface area (Å²) in [4.78, 5) is 24.1. The first-order chi connectivity index (χ1) is 13.9. The van der Waals surface area contributed by atoms with E-state index in [2.05, 4.69) is 10.6 Å². The number of carbonyl (C=O) groups is 2. The minimum absolute atomic E-state index is 0.114. The van der Waals surface area contributed by atoms with Crippen molar-refractivity contribution in [3.8, 4) is 11.5 Å². The Hall–Kier alpha value is -2.99. The van der Waals surface area contributed by atoms with Crippen molar-refractivity contribution in [3.05, 3.63) is 69.9 Å². The average Bonchev–Trinajstić information content (AvgIpc) is 2.67. The summed E-state index contributed by atoms with van der Waals surface area (Å²) < 4.78 is 11.7. The first-order valence-corrected chi connectivity index (χ1v) is 9.70. The van der Waals surface area contributed by atoms with Gasteiger partial charge in [-0.05, 0) is 44.5 Å². The first-order valence-electron chi connectivity index (χ1n) is 9.32. The highest BCUT2D eigenvalue weighted by Gasteiger charge is 2.29. The fraction of sp³-hybridized carbons (Fsp3) is 0.273. The summed E-state index contributed by atoms with van der Waals surface area (Å²) >= 11 is 6.20. The normalized spacial score (nSPS) is 16.1. The number of benzene rings is 2. The molecule has 0 spiro atoms. The Morgan fingerprint density at radius 3 is 2.59 bits per heavy atom. The number of carbonyl (C=O) groups excluding carboxylic acids is 2. The van der Waals surface area contributed by atoms with Crippen molar-refractivity contribution < 1.29 is 19.1 Å². The third-order valence-electron chi connectivity index (χ3n) is 4.59. The van der Waals surface area contributed by atoms with E-state index in [0.29, 0.717) is 41.0 Å². The molecule has 1 heterocycles. The quantitative estimate of drug-likeness (QED) is 0.697. The summed E-state index contributed by atoms with van der Waals surface area (Å²) in [7, 11) is 0. The number of ketones is 1. The van der Waals surface area contributed by atoms with Crippen molar-refractivity contribution in [2.24, 2.45) is 0 Å². The van der Waals surface area contributed by atoms with E-state index in [4.69, 9.17) is 21.1 Å². The van der Waals surface area contributed by atoms with Crippen LogP contribution in [0.4, 0.5) is 4.79 Å². The van der Waals surface area contributed by atoms with E-state index < -0.39 is 6.04 Å². The maximum Gasteiger partial charge on any atom is 0.319 e. The summed E-state index contributed by atoms with van der Waals surface area (Å²) in [5.74, 6) is 0.975. The van der Waals surface area contributed by atoms with Gasteiger partial charge in [-0.2, -0.15) is 0 Å². The molecule has 7 heteroatoms. The van der Waals surface area contributed by atoms with Gasteiger partial charge in [0.15, 0.2) is 17.3 Å². The van der Waals surface area contributed by atoms with E-state index in [1.165, 1.54) is 6.92 Å². The van der Waals surface area contributed by atoms with Gasteiger partial charge in [-0.3, -0.25) is 4.79 Å². The topological polar surface area (TPSA) is 76.7 Å². The SMILES string of the molecule is CCOc1cc([C@H]2NC(=O)NC(C)=C2C(C)=O)ccc1OCc1ccccc1Cl. The van der Waals surface area contributed by atoms with Crippen molar-refractivity contribution >= 4 is 23.4 Å². The fourth-order valence-corrected chi connectivity index (χ4v) is 3.46. The Morgan fingerprint density at radius 1 is 1.14 bits per heavy atom. The van der Waals surface area contributed by atoms with Crippen LogP contribution in [0.5, 0.6) is 11.5 Å². The third kappa shape index (κ3) is 4.71. The maximum absolute atomic E-state index is 12.2. The number of halogens is 1. The van der Waals surface area contributed by atoms with E-state index >= 15 is 0 Å². The molecule has 2 N–H and O–H groups in total. The number of nitrogens with one attached hydrogen (secondary N) is 2. The van der Waals surface area contributed by atoms with Crippen LogP contribution in [0.25, 0.3) is 0 Å². The van der Waals surface area contributed by atoms with Gasteiger partial charge in [-0.25, -0.2) is 4.79 Å². The molecule has 1 atom stereocenters. The molecule has 0 bridgehead atoms. The van der Waals surface area contributed by atoms with E-state index in [1.54, 1.807) is 19.1 Å². The molecule has 152 valence electrons. The van der Waals surface area contributed by atoms with Crippen molar-refractivity contribution in [1.82, 2.24) is 10.6 Å². The molecule has 2 amide bonds. The van der Waals surface area contributed by atoms with Crippen LogP contribution in [0, 0.1) is 0 Å². The van der Waals surface area contributed by atoms with Crippen LogP contribution in [-0.4, -0.2) is 18.4 Å². The van der Waals surface area contributed by atoms with Gasteiger partial charge in [0.2, 0.25) is 0 Å². The smallest absolute Gasteiger partial charge is 0.319 e. The Bertz CT molecular complexity index is 971. The Morgan fingerprint density at radius 2 is 1.90 bits per heavy atom. The monoisotopic (exact) mass is 414 g/mol. The molecule has 29 heavy (non-hydrogen) atoms. The average molecular weight is 415 g/mol. The predicted octanol–water partition coefficient (Wildman–Crippen LogP) is 4.53. The molecule has 0 fully saturated rings. The number of Topliss-reactive ketones (excluding diaryl/α,β-unsaturated/α-hetero) is 1. The van der Waals surface area contributed by atoms with Crippen LogP contribution in [0.15, 0.2) is 53.7 Å². The highest BCUT2D eigenvalue weighted by atomic mass is 35.5. The second-order valence-electron chi connectivity index (χ2n) is 6.65. The third-order valence-corrected chi connectivity index (χ3v) is 4.96. The minimum Gasteiger partial charge on any atom is -0.490 e. The van der Waals surface area contributed by atoms with Gasteiger partial charge in [0.1, 0.15) is 6.61 Å². The van der Waals surface area contributed by atoms with Gasteiger partial charge in [0.25, 0.3) is 0 Å². The van der Waals surface area contributed by atoms with Crippen LogP contribution < -0.4 is 20.1 Å². The summed E-state index contributed by atoms with van der Waals surface area (Å²) in [5, 5.41) is 6.08. The van der Waals surface area contributed by atoms with E-state index in [1.807, 2.05) is 37.3 Å². The summed E-state index contributed by atoms with van der Waals surface area (Å²) in [6.45, 7) is 5.81. The maximum atomic E-state index is 12.2. The standard InChI is InChI=1S/C22H23ClN2O4/c1-4-28-19-11-15(21-20(14(3)26)13(2)24-22(27)25-21)9-10-18(19)29-12-16-7-5-6-8-17(16)23/h5-11,21H,4,12H2,1-3H3,(H2,24,25,27)/t21-/m1/s1. The highest BCUT2D eigenvalue weighted by molar-refractivity contribution is 6.31. The van der Waals surface area contributed by atoms with Crippen LogP contribution in [0.3, 0.4) is 0 Å². The second-order valence-corrected chi connectivity index (χ2v) is 7.05. The molecule has 0 aliphatic carbocycles. The van der Waals surface area contributed by atoms with Crippen molar-refractivity contribution in [2.75, 3.05) is 6.61 Å². The molecule has 1 aliphatic heterocycles. The largest absolute Gasteiger partial charge is 0.490 e. The molecule has 0 saturated heterocycles. The fourth-order valence-electron chi connectivity index (χ4n) is 3.27. The minimum atomic E-state index is -0.557. The number of urea groups is 1. The van der Waals surface area contributed by atoms with Crippen LogP contribution in [0.1, 0.15) is 37.9 Å². The Balaban J connectivity index is 1.91. The molecule has 2 aromatic rings. The van der Waals surface area contributed by atoms with Gasteiger partial charge in [0, 0.05) is 21.9 Å². The zero-order chi connectivity index (χ0) is 21.0. The lowest BCUT2D eigenvalue weighted by molar-refractivity contribution is -0.114. The lowest BCUT2D eigenvalue weighted by Crippen LogP contribution is -2.44. The number of hydrogen-bond donors (Lipinski definition) is 2. The molecule has 0 unspecified atom stereocenters. The van der Waals surface area contributed by atoms with Crippen molar-refractivity contribution in [2.45, 2.75) is 33.4 Å². The molecule has 6 nitrogen and oxygen atoms in total.